The number of carbonyl (C=O) groups excluding carboxylic acids is 1. The number of carboxylic acid groups (broad SMARTS) is 1. The van der Waals surface area contributed by atoms with Crippen LogP contribution in [0.15, 0.2) is 24.3 Å². The van der Waals surface area contributed by atoms with Gasteiger partial charge in [0, 0.05) is 11.6 Å². The third-order valence-corrected chi connectivity index (χ3v) is 3.75. The molecule has 0 atom stereocenters. The Morgan fingerprint density at radius 2 is 1.82 bits per heavy atom. The summed E-state index contributed by atoms with van der Waals surface area (Å²) < 4.78 is 24.6. The fraction of sp³-hybridized carbons (Fsp3) is 0.467. The summed E-state index contributed by atoms with van der Waals surface area (Å²) >= 11 is 0. The summed E-state index contributed by atoms with van der Waals surface area (Å²) in [5.74, 6) is -1.38. The van der Waals surface area contributed by atoms with E-state index in [1.54, 1.807) is 4.90 Å². The lowest BCUT2D eigenvalue weighted by atomic mass is 9.96. The first kappa shape index (κ1) is 16.4. The lowest BCUT2D eigenvalue weighted by Gasteiger charge is -2.30. The fourth-order valence-electron chi connectivity index (χ4n) is 2.51. The lowest BCUT2D eigenvalue weighted by Crippen LogP contribution is -2.40. The minimum Gasteiger partial charge on any atom is -0.478 e. The number of piperidine rings is 1. The number of carbonyl (C=O) groups is 2. The van der Waals surface area contributed by atoms with Crippen molar-refractivity contribution in [3.8, 4) is 0 Å². The van der Waals surface area contributed by atoms with Crippen molar-refractivity contribution >= 4 is 17.6 Å². The molecule has 0 radical (unpaired) electrons. The van der Waals surface area contributed by atoms with Crippen molar-refractivity contribution < 1.29 is 23.5 Å². The maximum Gasteiger partial charge on any atom is 0.335 e. The first-order valence-electron chi connectivity index (χ1n) is 7.10. The molecule has 1 fully saturated rings. The predicted molar refractivity (Wildman–Crippen MR) is 77.2 cm³/mol. The predicted octanol–water partition coefficient (Wildman–Crippen LogP) is 2.30. The van der Waals surface area contributed by atoms with Gasteiger partial charge in [-0.25, -0.2) is 13.6 Å². The van der Waals surface area contributed by atoms with Gasteiger partial charge in [0.15, 0.2) is 0 Å². The van der Waals surface area contributed by atoms with Crippen LogP contribution in [-0.4, -0.2) is 47.9 Å². The number of alkyl halides is 2. The Kier molecular flexibility index (Phi) is 5.43. The molecule has 1 aromatic carbocycles. The molecule has 0 bridgehead atoms. The zero-order valence-electron chi connectivity index (χ0n) is 12.0. The molecule has 0 unspecified atom stereocenters. The molecule has 0 spiro atoms. The number of amides is 1. The van der Waals surface area contributed by atoms with Crippen LogP contribution in [0.1, 0.15) is 23.2 Å². The van der Waals surface area contributed by atoms with E-state index in [1.165, 1.54) is 24.3 Å². The monoisotopic (exact) mass is 312 g/mol. The molecule has 22 heavy (non-hydrogen) atoms. The van der Waals surface area contributed by atoms with E-state index in [1.807, 2.05) is 0 Å². The minimum atomic E-state index is -2.35. The Balaban J connectivity index is 1.84. The van der Waals surface area contributed by atoms with Crippen LogP contribution in [0, 0.1) is 5.92 Å². The second-order valence-electron chi connectivity index (χ2n) is 5.34. The third kappa shape index (κ3) is 4.49. The zero-order chi connectivity index (χ0) is 16.1. The Morgan fingerprint density at radius 1 is 1.23 bits per heavy atom. The quantitative estimate of drug-likeness (QED) is 0.875. The van der Waals surface area contributed by atoms with Crippen LogP contribution < -0.4 is 5.32 Å². The number of likely N-dealkylation sites (tertiary alicyclic amines) is 1. The first-order chi connectivity index (χ1) is 10.5. The molecule has 0 saturated carbocycles. The van der Waals surface area contributed by atoms with Gasteiger partial charge in [-0.2, -0.15) is 0 Å². The van der Waals surface area contributed by atoms with Crippen molar-refractivity contribution in [3.63, 3.8) is 0 Å². The number of halogens is 2. The van der Waals surface area contributed by atoms with Crippen LogP contribution in [0.3, 0.4) is 0 Å². The van der Waals surface area contributed by atoms with Crippen LogP contribution in [0.2, 0.25) is 0 Å². The SMILES string of the molecule is O=C(O)c1ccc(NC(=O)C2CCN(CC(F)F)CC2)cc1. The van der Waals surface area contributed by atoms with Crippen molar-refractivity contribution in [2.24, 2.45) is 5.92 Å². The molecule has 0 aliphatic carbocycles. The normalized spacial score (nSPS) is 16.7. The molecule has 2 N–H and O–H groups in total. The van der Waals surface area contributed by atoms with Gasteiger partial charge in [-0.15, -0.1) is 0 Å². The van der Waals surface area contributed by atoms with Gasteiger partial charge in [0.25, 0.3) is 6.43 Å². The minimum absolute atomic E-state index is 0.151. The summed E-state index contributed by atoms with van der Waals surface area (Å²) in [4.78, 5) is 24.5. The van der Waals surface area contributed by atoms with E-state index < -0.39 is 12.4 Å². The van der Waals surface area contributed by atoms with Gasteiger partial charge >= 0.3 is 5.97 Å². The second-order valence-corrected chi connectivity index (χ2v) is 5.34. The van der Waals surface area contributed by atoms with Gasteiger partial charge in [-0.05, 0) is 50.2 Å². The van der Waals surface area contributed by atoms with E-state index >= 15 is 0 Å². The second kappa shape index (κ2) is 7.31. The summed E-state index contributed by atoms with van der Waals surface area (Å²) in [5.41, 5.74) is 0.684. The summed E-state index contributed by atoms with van der Waals surface area (Å²) in [6, 6.07) is 5.91. The standard InChI is InChI=1S/C15H18F2N2O3/c16-13(17)9-19-7-5-10(6-8-19)14(20)18-12-3-1-11(2-4-12)15(21)22/h1-4,10,13H,5-9H2,(H,18,20)(H,21,22). The lowest BCUT2D eigenvalue weighted by molar-refractivity contribution is -0.121. The molecule has 2 rings (SSSR count). The molecule has 1 amide bonds. The molecule has 1 heterocycles. The van der Waals surface area contributed by atoms with Gasteiger partial charge in [0.05, 0.1) is 12.1 Å². The summed E-state index contributed by atoms with van der Waals surface area (Å²) in [7, 11) is 0. The highest BCUT2D eigenvalue weighted by atomic mass is 19.3. The van der Waals surface area contributed by atoms with E-state index in [4.69, 9.17) is 5.11 Å². The van der Waals surface area contributed by atoms with Crippen LogP contribution in [0.4, 0.5) is 14.5 Å². The Bertz CT molecular complexity index is 526. The molecule has 7 heteroatoms. The van der Waals surface area contributed by atoms with E-state index in [2.05, 4.69) is 5.32 Å². The smallest absolute Gasteiger partial charge is 0.335 e. The van der Waals surface area contributed by atoms with Crippen molar-refractivity contribution in [1.29, 1.82) is 0 Å². The number of benzene rings is 1. The molecule has 1 aliphatic rings. The summed E-state index contributed by atoms with van der Waals surface area (Å²) in [6.45, 7) is 0.728. The third-order valence-electron chi connectivity index (χ3n) is 3.75. The van der Waals surface area contributed by atoms with Crippen molar-refractivity contribution in [1.82, 2.24) is 4.90 Å². The van der Waals surface area contributed by atoms with Gasteiger partial charge in [-0.3, -0.25) is 9.69 Å². The summed E-state index contributed by atoms with van der Waals surface area (Å²) in [6.07, 6.45) is -1.25. The fourth-order valence-corrected chi connectivity index (χ4v) is 2.51. The topological polar surface area (TPSA) is 69.6 Å². The molecular weight excluding hydrogens is 294 g/mol. The van der Waals surface area contributed by atoms with Crippen molar-refractivity contribution in [3.05, 3.63) is 29.8 Å². The van der Waals surface area contributed by atoms with E-state index in [9.17, 15) is 18.4 Å². The Morgan fingerprint density at radius 3 is 2.32 bits per heavy atom. The molecule has 0 aromatic heterocycles. The number of nitrogens with one attached hydrogen (secondary N) is 1. The number of hydrogen-bond acceptors (Lipinski definition) is 3. The molecule has 120 valence electrons. The highest BCUT2D eigenvalue weighted by molar-refractivity contribution is 5.93. The van der Waals surface area contributed by atoms with Crippen LogP contribution in [0.25, 0.3) is 0 Å². The van der Waals surface area contributed by atoms with Crippen LogP contribution >= 0.6 is 0 Å². The number of carboxylic acids is 1. The van der Waals surface area contributed by atoms with E-state index in [-0.39, 0.29) is 23.9 Å². The number of hydrogen-bond donors (Lipinski definition) is 2. The van der Waals surface area contributed by atoms with E-state index in [0.717, 1.165) is 0 Å². The van der Waals surface area contributed by atoms with Crippen LogP contribution in [0.5, 0.6) is 0 Å². The highest BCUT2D eigenvalue weighted by Gasteiger charge is 2.26. The zero-order valence-corrected chi connectivity index (χ0v) is 12.0. The molecular formula is C15H18F2N2O3. The number of nitrogens with zero attached hydrogens (tertiary/aromatic N) is 1. The summed E-state index contributed by atoms with van der Waals surface area (Å²) in [5, 5.41) is 11.5. The van der Waals surface area contributed by atoms with Crippen molar-refractivity contribution in [2.75, 3.05) is 25.0 Å². The van der Waals surface area contributed by atoms with Crippen LogP contribution in [-0.2, 0) is 4.79 Å². The first-order valence-corrected chi connectivity index (χ1v) is 7.10. The maximum atomic E-state index is 12.3. The number of aromatic carboxylic acids is 1. The van der Waals surface area contributed by atoms with E-state index in [0.29, 0.717) is 31.6 Å². The van der Waals surface area contributed by atoms with Gasteiger partial charge in [-0.1, -0.05) is 0 Å². The largest absolute Gasteiger partial charge is 0.478 e. The molecule has 1 aliphatic heterocycles. The van der Waals surface area contributed by atoms with Gasteiger partial charge in [0.1, 0.15) is 0 Å². The Labute approximate surface area is 126 Å². The van der Waals surface area contributed by atoms with Gasteiger partial charge < -0.3 is 10.4 Å². The average molecular weight is 312 g/mol. The molecule has 1 aromatic rings. The van der Waals surface area contributed by atoms with Gasteiger partial charge in [0.2, 0.25) is 5.91 Å². The number of anilines is 1. The molecule has 5 nitrogen and oxygen atoms in total. The van der Waals surface area contributed by atoms with Crippen molar-refractivity contribution in [2.45, 2.75) is 19.3 Å². The number of rotatable bonds is 5. The molecule has 1 saturated heterocycles. The highest BCUT2D eigenvalue weighted by Crippen LogP contribution is 2.20. The average Bonchev–Trinajstić information content (AvgIpc) is 2.48. The Hall–Kier alpha value is -2.02. The maximum absolute atomic E-state index is 12.3.